The summed E-state index contributed by atoms with van der Waals surface area (Å²) in [4.78, 5) is 14.5. The number of amides is 2. The molecule has 2 N–H and O–H groups in total. The van der Waals surface area contributed by atoms with Crippen LogP contribution in [-0.2, 0) is 25.8 Å². The van der Waals surface area contributed by atoms with Crippen LogP contribution < -0.4 is 5.32 Å². The van der Waals surface area contributed by atoms with E-state index in [4.69, 9.17) is 0 Å². The molecule has 0 unspecified atom stereocenters. The summed E-state index contributed by atoms with van der Waals surface area (Å²) in [6, 6.07) is 5.82. The number of nitrogens with zero attached hydrogens (tertiary/aromatic N) is 5. The van der Waals surface area contributed by atoms with Gasteiger partial charge in [0.2, 0.25) is 0 Å². The number of fused-ring (bicyclic) bond motifs is 1. The fourth-order valence-electron chi connectivity index (χ4n) is 3.67. The number of nitrogens with one attached hydrogen (secondary N) is 2. The molecule has 8 nitrogen and oxygen atoms in total. The van der Waals surface area contributed by atoms with Crippen molar-refractivity contribution in [3.63, 3.8) is 0 Å². The smallest absolute Gasteiger partial charge is 0.321 e. The molecule has 2 heterocycles. The van der Waals surface area contributed by atoms with Gasteiger partial charge < -0.3 is 10.2 Å². The molecule has 2 aromatic heterocycles. The van der Waals surface area contributed by atoms with Gasteiger partial charge in [0.25, 0.3) is 0 Å². The summed E-state index contributed by atoms with van der Waals surface area (Å²) >= 11 is 0. The molecule has 1 aliphatic carbocycles. The van der Waals surface area contributed by atoms with Crippen LogP contribution >= 0.6 is 0 Å². The zero-order chi connectivity index (χ0) is 19.5. The zero-order valence-electron chi connectivity index (χ0n) is 16.3. The van der Waals surface area contributed by atoms with E-state index >= 15 is 0 Å². The van der Waals surface area contributed by atoms with Gasteiger partial charge in [-0.2, -0.15) is 5.10 Å². The first-order valence-electron chi connectivity index (χ1n) is 9.70. The maximum absolute atomic E-state index is 12.8. The van der Waals surface area contributed by atoms with E-state index in [1.54, 1.807) is 24.6 Å². The highest BCUT2D eigenvalue weighted by Gasteiger charge is 2.20. The second-order valence-corrected chi connectivity index (χ2v) is 7.18. The molecule has 0 saturated heterocycles. The molecule has 2 amide bonds. The van der Waals surface area contributed by atoms with Gasteiger partial charge in [0.15, 0.2) is 0 Å². The van der Waals surface area contributed by atoms with Crippen LogP contribution in [0.3, 0.4) is 0 Å². The summed E-state index contributed by atoms with van der Waals surface area (Å²) in [5.74, 6) is 0. The lowest BCUT2D eigenvalue weighted by Crippen LogP contribution is -2.31. The number of carbonyl (C=O) groups is 1. The van der Waals surface area contributed by atoms with Crippen LogP contribution in [0.5, 0.6) is 0 Å². The van der Waals surface area contributed by atoms with Crippen molar-refractivity contribution in [2.45, 2.75) is 45.6 Å². The maximum Gasteiger partial charge on any atom is 0.321 e. The van der Waals surface area contributed by atoms with E-state index in [-0.39, 0.29) is 6.03 Å². The van der Waals surface area contributed by atoms with Crippen molar-refractivity contribution in [3.8, 4) is 5.69 Å². The SMILES string of the molecule is CCc1ccc(-n2cnnc2)cc1NC(=O)N(C)Cc1n[nH]c2c1CCCC2. The fraction of sp³-hybridized carbons (Fsp3) is 0.400. The number of rotatable bonds is 5. The van der Waals surface area contributed by atoms with Gasteiger partial charge in [-0.1, -0.05) is 13.0 Å². The molecule has 0 radical (unpaired) electrons. The molecule has 4 rings (SSSR count). The predicted octanol–water partition coefficient (Wildman–Crippen LogP) is 3.10. The van der Waals surface area contributed by atoms with Gasteiger partial charge in [-0.05, 0) is 55.4 Å². The largest absolute Gasteiger partial charge is 0.322 e. The highest BCUT2D eigenvalue weighted by molar-refractivity contribution is 5.90. The number of hydrogen-bond donors (Lipinski definition) is 2. The van der Waals surface area contributed by atoms with E-state index in [1.807, 2.05) is 22.8 Å². The summed E-state index contributed by atoms with van der Waals surface area (Å²) in [7, 11) is 1.80. The molecule has 0 saturated carbocycles. The van der Waals surface area contributed by atoms with Gasteiger partial charge >= 0.3 is 6.03 Å². The number of aromatic nitrogens is 5. The van der Waals surface area contributed by atoms with Gasteiger partial charge in [-0.25, -0.2) is 4.79 Å². The second kappa shape index (κ2) is 7.84. The van der Waals surface area contributed by atoms with Crippen molar-refractivity contribution >= 4 is 11.7 Å². The van der Waals surface area contributed by atoms with E-state index in [2.05, 4.69) is 32.6 Å². The Morgan fingerprint density at radius 3 is 2.82 bits per heavy atom. The third-order valence-electron chi connectivity index (χ3n) is 5.31. The molecular formula is C20H25N7O. The number of urea groups is 1. The minimum atomic E-state index is -0.150. The van der Waals surface area contributed by atoms with Crippen molar-refractivity contribution in [1.82, 2.24) is 29.9 Å². The third kappa shape index (κ3) is 3.62. The number of anilines is 1. The van der Waals surface area contributed by atoms with Crippen molar-refractivity contribution < 1.29 is 4.79 Å². The van der Waals surface area contributed by atoms with Crippen LogP contribution in [0.1, 0.15) is 42.3 Å². The normalized spacial score (nSPS) is 13.2. The molecule has 0 aliphatic heterocycles. The average molecular weight is 379 g/mol. The topological polar surface area (TPSA) is 91.7 Å². The van der Waals surface area contributed by atoms with Crippen molar-refractivity contribution in [3.05, 3.63) is 53.4 Å². The van der Waals surface area contributed by atoms with Crippen LogP contribution in [0.2, 0.25) is 0 Å². The van der Waals surface area contributed by atoms with Gasteiger partial charge in [0.1, 0.15) is 12.7 Å². The fourth-order valence-corrected chi connectivity index (χ4v) is 3.67. The Labute approximate surface area is 164 Å². The second-order valence-electron chi connectivity index (χ2n) is 7.18. The zero-order valence-corrected chi connectivity index (χ0v) is 16.3. The van der Waals surface area contributed by atoms with E-state index in [9.17, 15) is 4.79 Å². The van der Waals surface area contributed by atoms with Gasteiger partial charge in [0.05, 0.1) is 17.9 Å². The Morgan fingerprint density at radius 2 is 2.04 bits per heavy atom. The molecule has 1 aromatic carbocycles. The summed E-state index contributed by atoms with van der Waals surface area (Å²) in [5.41, 5.74) is 6.27. The number of aromatic amines is 1. The molecule has 0 fully saturated rings. The molecule has 3 aromatic rings. The van der Waals surface area contributed by atoms with Crippen molar-refractivity contribution in [2.75, 3.05) is 12.4 Å². The number of carbonyl (C=O) groups excluding carboxylic acids is 1. The summed E-state index contributed by atoms with van der Waals surface area (Å²) in [6.07, 6.45) is 8.58. The van der Waals surface area contributed by atoms with Crippen molar-refractivity contribution in [1.29, 1.82) is 0 Å². The molecule has 28 heavy (non-hydrogen) atoms. The molecule has 0 atom stereocenters. The highest BCUT2D eigenvalue weighted by Crippen LogP contribution is 2.24. The van der Waals surface area contributed by atoms with E-state index in [0.717, 1.165) is 41.9 Å². The maximum atomic E-state index is 12.8. The average Bonchev–Trinajstić information content (AvgIpc) is 3.38. The third-order valence-corrected chi connectivity index (χ3v) is 5.31. The Bertz CT molecular complexity index is 961. The molecule has 146 valence electrons. The molecule has 0 bridgehead atoms. The number of hydrogen-bond acceptors (Lipinski definition) is 4. The van der Waals surface area contributed by atoms with Gasteiger partial charge in [0, 0.05) is 18.4 Å². The summed E-state index contributed by atoms with van der Waals surface area (Å²) in [6.45, 7) is 2.56. The standard InChI is InChI=1S/C20H25N7O/c1-3-14-8-9-15(27-12-21-22-13-27)10-18(14)23-20(28)26(2)11-19-16-6-4-5-7-17(16)24-25-19/h8-10,12-13H,3-7,11H2,1-2H3,(H,23,28)(H,24,25). The van der Waals surface area contributed by atoms with Crippen LogP contribution in [0.15, 0.2) is 30.9 Å². The van der Waals surface area contributed by atoms with Crippen molar-refractivity contribution in [2.24, 2.45) is 0 Å². The lowest BCUT2D eigenvalue weighted by atomic mass is 9.96. The summed E-state index contributed by atoms with van der Waals surface area (Å²) in [5, 5.41) is 18.3. The molecule has 0 spiro atoms. The predicted molar refractivity (Wildman–Crippen MR) is 106 cm³/mol. The quantitative estimate of drug-likeness (QED) is 0.712. The highest BCUT2D eigenvalue weighted by atomic mass is 16.2. The van der Waals surface area contributed by atoms with Crippen LogP contribution in [0, 0.1) is 0 Å². The summed E-state index contributed by atoms with van der Waals surface area (Å²) < 4.78 is 1.81. The minimum Gasteiger partial charge on any atom is -0.322 e. The molecular weight excluding hydrogens is 354 g/mol. The monoisotopic (exact) mass is 379 g/mol. The number of aryl methyl sites for hydroxylation is 2. The van der Waals surface area contributed by atoms with Crippen LogP contribution in [0.25, 0.3) is 5.69 Å². The Hall–Kier alpha value is -3.16. The van der Waals surface area contributed by atoms with Gasteiger partial charge in [-0.3, -0.25) is 9.67 Å². The van der Waals surface area contributed by atoms with E-state index < -0.39 is 0 Å². The molecule has 1 aliphatic rings. The lowest BCUT2D eigenvalue weighted by Gasteiger charge is -2.20. The molecule has 8 heteroatoms. The van der Waals surface area contributed by atoms with Crippen LogP contribution in [0.4, 0.5) is 10.5 Å². The lowest BCUT2D eigenvalue weighted by molar-refractivity contribution is 0.220. The van der Waals surface area contributed by atoms with Crippen LogP contribution in [-0.4, -0.2) is 42.9 Å². The first-order valence-corrected chi connectivity index (χ1v) is 9.70. The van der Waals surface area contributed by atoms with Gasteiger partial charge in [-0.15, -0.1) is 10.2 Å². The Kier molecular flexibility index (Phi) is 5.10. The first-order chi connectivity index (χ1) is 13.7. The number of H-pyrrole nitrogens is 1. The minimum absolute atomic E-state index is 0.150. The van der Waals surface area contributed by atoms with E-state index in [1.165, 1.54) is 24.1 Å². The Morgan fingerprint density at radius 1 is 1.25 bits per heavy atom. The Balaban J connectivity index is 1.49. The van der Waals surface area contributed by atoms with E-state index in [0.29, 0.717) is 6.54 Å². The number of benzene rings is 1. The first kappa shape index (κ1) is 18.2.